The van der Waals surface area contributed by atoms with Gasteiger partial charge >= 0.3 is 0 Å². The molecule has 6 nitrogen and oxygen atoms in total. The van der Waals surface area contributed by atoms with Gasteiger partial charge in [-0.25, -0.2) is 15.0 Å². The van der Waals surface area contributed by atoms with Gasteiger partial charge in [-0.3, -0.25) is 4.79 Å². The van der Waals surface area contributed by atoms with E-state index in [0.717, 1.165) is 4.47 Å². The molecule has 2 heterocycles. The Morgan fingerprint density at radius 2 is 1.86 bits per heavy atom. The molecule has 3 rings (SSSR count). The van der Waals surface area contributed by atoms with Crippen LogP contribution in [-0.4, -0.2) is 45.0 Å². The van der Waals surface area contributed by atoms with Crippen molar-refractivity contribution in [2.24, 2.45) is 0 Å². The minimum absolute atomic E-state index is 0.0783. The van der Waals surface area contributed by atoms with Crippen molar-refractivity contribution in [1.29, 1.82) is 0 Å². The summed E-state index contributed by atoms with van der Waals surface area (Å²) >= 11 is 3.35. The molecule has 0 aliphatic heterocycles. The molecule has 1 amide bonds. The van der Waals surface area contributed by atoms with E-state index in [4.69, 9.17) is 4.74 Å². The van der Waals surface area contributed by atoms with Crippen molar-refractivity contribution in [3.05, 3.63) is 71.1 Å². The van der Waals surface area contributed by atoms with Gasteiger partial charge in [0.1, 0.15) is 6.61 Å². The summed E-state index contributed by atoms with van der Waals surface area (Å²) in [5.41, 5.74) is 1.29. The van der Waals surface area contributed by atoms with Gasteiger partial charge in [0.25, 0.3) is 5.91 Å². The summed E-state index contributed by atoms with van der Waals surface area (Å²) in [7, 11) is 0. The van der Waals surface area contributed by atoms with E-state index in [9.17, 15) is 4.79 Å². The molecule has 144 valence electrons. The second-order valence-electron chi connectivity index (χ2n) is 6.18. The van der Waals surface area contributed by atoms with E-state index < -0.39 is 0 Å². The predicted molar refractivity (Wildman–Crippen MR) is 111 cm³/mol. The van der Waals surface area contributed by atoms with Crippen molar-refractivity contribution in [2.45, 2.75) is 19.9 Å². The van der Waals surface area contributed by atoms with Gasteiger partial charge in [0.15, 0.2) is 5.82 Å². The van der Waals surface area contributed by atoms with Crippen LogP contribution in [0, 0.1) is 0 Å². The van der Waals surface area contributed by atoms with E-state index in [-0.39, 0.29) is 11.9 Å². The Labute approximate surface area is 172 Å². The van der Waals surface area contributed by atoms with E-state index in [1.165, 1.54) is 0 Å². The first-order valence-corrected chi connectivity index (χ1v) is 9.81. The molecule has 3 aromatic rings. The number of rotatable bonds is 7. The van der Waals surface area contributed by atoms with Crippen LogP contribution >= 0.6 is 15.9 Å². The number of carbonyl (C=O) groups is 1. The van der Waals surface area contributed by atoms with Gasteiger partial charge in [-0.2, -0.15) is 0 Å². The van der Waals surface area contributed by atoms with Crippen LogP contribution in [0.1, 0.15) is 24.2 Å². The zero-order valence-corrected chi connectivity index (χ0v) is 17.3. The fraction of sp³-hybridized carbons (Fsp3) is 0.238. The molecule has 28 heavy (non-hydrogen) atoms. The smallest absolute Gasteiger partial charge is 0.254 e. The predicted octanol–water partition coefficient (Wildman–Crippen LogP) is 4.23. The van der Waals surface area contributed by atoms with Crippen LogP contribution in [0.4, 0.5) is 0 Å². The number of carbonyl (C=O) groups excluding carboxylic acids is 1. The zero-order valence-electron chi connectivity index (χ0n) is 15.7. The van der Waals surface area contributed by atoms with Crippen LogP contribution in [0.5, 0.6) is 5.88 Å². The fourth-order valence-corrected chi connectivity index (χ4v) is 3.09. The Morgan fingerprint density at radius 1 is 1.11 bits per heavy atom. The first-order chi connectivity index (χ1) is 13.6. The Bertz CT molecular complexity index is 919. The van der Waals surface area contributed by atoms with Crippen LogP contribution in [0.3, 0.4) is 0 Å². The molecule has 7 heteroatoms. The van der Waals surface area contributed by atoms with Crippen molar-refractivity contribution < 1.29 is 9.53 Å². The lowest BCUT2D eigenvalue weighted by Gasteiger charge is -2.28. The topological polar surface area (TPSA) is 68.2 Å². The molecule has 0 unspecified atom stereocenters. The standard InChI is InChI=1S/C21H21BrN4O2/c1-3-26(15(2)14-28-19-10-9-16(22)13-25-19)21(27)18-8-5-4-7-17(18)20-23-11-6-12-24-20/h4-13,15H,3,14H2,1-2H3/t15-/m0/s1. The molecular formula is C21H21BrN4O2. The molecule has 0 saturated carbocycles. The summed E-state index contributed by atoms with van der Waals surface area (Å²) in [4.78, 5) is 27.8. The lowest BCUT2D eigenvalue weighted by molar-refractivity contribution is 0.0647. The van der Waals surface area contributed by atoms with Crippen LogP contribution in [0.25, 0.3) is 11.4 Å². The third kappa shape index (κ3) is 4.72. The van der Waals surface area contributed by atoms with Crippen LogP contribution in [0.2, 0.25) is 0 Å². The summed E-state index contributed by atoms with van der Waals surface area (Å²) in [5, 5.41) is 0. The Morgan fingerprint density at radius 3 is 2.54 bits per heavy atom. The third-order valence-electron chi connectivity index (χ3n) is 4.27. The summed E-state index contributed by atoms with van der Waals surface area (Å²) in [6, 6.07) is 12.7. The Kier molecular flexibility index (Phi) is 6.71. The number of nitrogens with zero attached hydrogens (tertiary/aromatic N) is 4. The fourth-order valence-electron chi connectivity index (χ4n) is 2.86. The van der Waals surface area contributed by atoms with E-state index in [1.54, 1.807) is 41.7 Å². The number of hydrogen-bond acceptors (Lipinski definition) is 5. The molecule has 2 aromatic heterocycles. The number of pyridine rings is 1. The minimum Gasteiger partial charge on any atom is -0.475 e. The number of halogens is 1. The van der Waals surface area contributed by atoms with Gasteiger partial charge < -0.3 is 9.64 Å². The van der Waals surface area contributed by atoms with Gasteiger partial charge in [0, 0.05) is 41.2 Å². The number of likely N-dealkylation sites (N-methyl/N-ethyl adjacent to an activating group) is 1. The summed E-state index contributed by atoms with van der Waals surface area (Å²) in [6.45, 7) is 4.81. The molecule has 1 aromatic carbocycles. The second-order valence-corrected chi connectivity index (χ2v) is 7.10. The van der Waals surface area contributed by atoms with Gasteiger partial charge in [-0.1, -0.05) is 18.2 Å². The van der Waals surface area contributed by atoms with E-state index in [1.807, 2.05) is 38.1 Å². The summed E-state index contributed by atoms with van der Waals surface area (Å²) < 4.78 is 6.64. The van der Waals surface area contributed by atoms with E-state index in [2.05, 4.69) is 30.9 Å². The van der Waals surface area contributed by atoms with Crippen molar-refractivity contribution >= 4 is 21.8 Å². The lowest BCUT2D eigenvalue weighted by atomic mass is 10.0. The molecule has 0 N–H and O–H groups in total. The molecule has 0 fully saturated rings. The minimum atomic E-state index is -0.132. The molecule has 0 aliphatic rings. The summed E-state index contributed by atoms with van der Waals surface area (Å²) in [6.07, 6.45) is 5.02. The van der Waals surface area contributed by atoms with Crippen LogP contribution in [-0.2, 0) is 0 Å². The molecule has 1 atom stereocenters. The first-order valence-electron chi connectivity index (χ1n) is 9.02. The van der Waals surface area contributed by atoms with Crippen LogP contribution in [0.15, 0.2) is 65.5 Å². The van der Waals surface area contributed by atoms with Crippen LogP contribution < -0.4 is 4.74 Å². The maximum absolute atomic E-state index is 13.3. The van der Waals surface area contributed by atoms with Crippen molar-refractivity contribution in [3.8, 4) is 17.3 Å². The highest BCUT2D eigenvalue weighted by atomic mass is 79.9. The number of ether oxygens (including phenoxy) is 1. The normalized spacial score (nSPS) is 11.7. The van der Waals surface area contributed by atoms with Crippen molar-refractivity contribution in [2.75, 3.05) is 13.2 Å². The molecule has 0 spiro atoms. The lowest BCUT2D eigenvalue weighted by Crippen LogP contribution is -2.42. The van der Waals surface area contributed by atoms with Crippen molar-refractivity contribution in [3.63, 3.8) is 0 Å². The largest absolute Gasteiger partial charge is 0.475 e. The molecule has 0 saturated heterocycles. The average molecular weight is 441 g/mol. The Hall–Kier alpha value is -2.80. The monoisotopic (exact) mass is 440 g/mol. The number of benzene rings is 1. The van der Waals surface area contributed by atoms with Gasteiger partial charge in [0.05, 0.1) is 11.6 Å². The molecule has 0 radical (unpaired) electrons. The van der Waals surface area contributed by atoms with Gasteiger partial charge in [0.2, 0.25) is 5.88 Å². The number of hydrogen-bond donors (Lipinski definition) is 0. The Balaban J connectivity index is 1.77. The highest BCUT2D eigenvalue weighted by Gasteiger charge is 2.23. The maximum Gasteiger partial charge on any atom is 0.254 e. The van der Waals surface area contributed by atoms with Crippen molar-refractivity contribution in [1.82, 2.24) is 19.9 Å². The van der Waals surface area contributed by atoms with Gasteiger partial charge in [-0.05, 0) is 48.0 Å². The number of aromatic nitrogens is 3. The third-order valence-corrected chi connectivity index (χ3v) is 4.74. The molecule has 0 aliphatic carbocycles. The second kappa shape index (κ2) is 9.41. The summed E-state index contributed by atoms with van der Waals surface area (Å²) in [5.74, 6) is 0.979. The van der Waals surface area contributed by atoms with Gasteiger partial charge in [-0.15, -0.1) is 0 Å². The number of amides is 1. The zero-order chi connectivity index (χ0) is 19.9. The van der Waals surface area contributed by atoms with E-state index >= 15 is 0 Å². The maximum atomic E-state index is 13.3. The first kappa shape index (κ1) is 19.9. The quantitative estimate of drug-likeness (QED) is 0.549. The highest BCUT2D eigenvalue weighted by molar-refractivity contribution is 9.10. The molecule has 0 bridgehead atoms. The average Bonchev–Trinajstić information content (AvgIpc) is 2.74. The molecular weight excluding hydrogens is 420 g/mol. The van der Waals surface area contributed by atoms with E-state index in [0.29, 0.717) is 36.0 Å². The SMILES string of the molecule is CCN(C(=O)c1ccccc1-c1ncccn1)[C@@H](C)COc1ccc(Br)cn1. The highest BCUT2D eigenvalue weighted by Crippen LogP contribution is 2.22.